The quantitative estimate of drug-likeness (QED) is 0.683. The van der Waals surface area contributed by atoms with Crippen molar-refractivity contribution in [3.8, 4) is 0 Å². The molecule has 1 rings (SSSR count). The van der Waals surface area contributed by atoms with E-state index < -0.39 is 0 Å². The second kappa shape index (κ2) is 4.40. The summed E-state index contributed by atoms with van der Waals surface area (Å²) >= 11 is 0. The minimum atomic E-state index is 0.0575. The molecule has 0 aromatic heterocycles. The molecular weight excluding hydrogens is 164 g/mol. The second-order valence-electron chi connectivity index (χ2n) is 4.67. The standard InChI is InChI=1S/C10H22N2O/c1-10(2,7-11)9(12)8-3-5-13-6-4-8/h8-9H,3-7,11-12H2,1-2H3. The van der Waals surface area contributed by atoms with Crippen LogP contribution in [-0.2, 0) is 4.74 Å². The first kappa shape index (κ1) is 11.0. The molecule has 0 amide bonds. The summed E-state index contributed by atoms with van der Waals surface area (Å²) in [6.07, 6.45) is 2.18. The minimum Gasteiger partial charge on any atom is -0.381 e. The zero-order valence-electron chi connectivity index (χ0n) is 8.75. The number of rotatable bonds is 3. The van der Waals surface area contributed by atoms with Crippen LogP contribution in [0.4, 0.5) is 0 Å². The molecular formula is C10H22N2O. The van der Waals surface area contributed by atoms with Gasteiger partial charge < -0.3 is 16.2 Å². The summed E-state index contributed by atoms with van der Waals surface area (Å²) in [7, 11) is 0. The molecule has 78 valence electrons. The molecule has 13 heavy (non-hydrogen) atoms. The molecule has 0 bridgehead atoms. The minimum absolute atomic E-state index is 0.0575. The molecule has 0 saturated carbocycles. The Kier molecular flexibility index (Phi) is 3.71. The van der Waals surface area contributed by atoms with Gasteiger partial charge in [-0.25, -0.2) is 0 Å². The smallest absolute Gasteiger partial charge is 0.0469 e. The highest BCUT2D eigenvalue weighted by Gasteiger charge is 2.32. The lowest BCUT2D eigenvalue weighted by molar-refractivity contribution is 0.0419. The van der Waals surface area contributed by atoms with Crippen LogP contribution < -0.4 is 11.5 Å². The molecule has 1 heterocycles. The third-order valence-electron chi connectivity index (χ3n) is 3.20. The molecule has 0 aliphatic carbocycles. The lowest BCUT2D eigenvalue weighted by Gasteiger charge is -2.37. The first-order valence-corrected chi connectivity index (χ1v) is 5.11. The molecule has 4 N–H and O–H groups in total. The topological polar surface area (TPSA) is 61.3 Å². The molecule has 1 unspecified atom stereocenters. The fourth-order valence-electron chi connectivity index (χ4n) is 1.85. The van der Waals surface area contributed by atoms with E-state index in [-0.39, 0.29) is 11.5 Å². The normalized spacial score (nSPS) is 23.1. The van der Waals surface area contributed by atoms with Crippen LogP contribution in [-0.4, -0.2) is 25.8 Å². The molecule has 1 fully saturated rings. The van der Waals surface area contributed by atoms with Crippen molar-refractivity contribution < 1.29 is 4.74 Å². The van der Waals surface area contributed by atoms with E-state index in [1.165, 1.54) is 0 Å². The number of hydrogen-bond acceptors (Lipinski definition) is 3. The van der Waals surface area contributed by atoms with Crippen molar-refractivity contribution in [2.45, 2.75) is 32.7 Å². The van der Waals surface area contributed by atoms with Crippen LogP contribution in [0.3, 0.4) is 0 Å². The summed E-state index contributed by atoms with van der Waals surface area (Å²) < 4.78 is 5.31. The summed E-state index contributed by atoms with van der Waals surface area (Å²) in [4.78, 5) is 0. The van der Waals surface area contributed by atoms with Crippen LogP contribution in [0, 0.1) is 11.3 Å². The lowest BCUT2D eigenvalue weighted by Crippen LogP contribution is -2.48. The van der Waals surface area contributed by atoms with Crippen LogP contribution >= 0.6 is 0 Å². The Labute approximate surface area is 80.8 Å². The maximum Gasteiger partial charge on any atom is 0.0469 e. The Bertz CT molecular complexity index is 153. The largest absolute Gasteiger partial charge is 0.381 e. The Hall–Kier alpha value is -0.120. The predicted molar refractivity (Wildman–Crippen MR) is 54.4 cm³/mol. The predicted octanol–water partition coefficient (Wildman–Crippen LogP) is 0.725. The van der Waals surface area contributed by atoms with Gasteiger partial charge in [-0.2, -0.15) is 0 Å². The van der Waals surface area contributed by atoms with Gasteiger partial charge in [-0.1, -0.05) is 13.8 Å². The molecule has 0 radical (unpaired) electrons. The van der Waals surface area contributed by atoms with Gasteiger partial charge in [0.25, 0.3) is 0 Å². The molecule has 3 heteroatoms. The molecule has 3 nitrogen and oxygen atoms in total. The zero-order valence-corrected chi connectivity index (χ0v) is 8.75. The van der Waals surface area contributed by atoms with Crippen LogP contribution in [0.5, 0.6) is 0 Å². The number of nitrogens with two attached hydrogens (primary N) is 2. The summed E-state index contributed by atoms with van der Waals surface area (Å²) in [6.45, 7) is 6.67. The van der Waals surface area contributed by atoms with Crippen molar-refractivity contribution >= 4 is 0 Å². The summed E-state index contributed by atoms with van der Waals surface area (Å²) in [5.74, 6) is 0.590. The zero-order chi connectivity index (χ0) is 9.90. The van der Waals surface area contributed by atoms with Gasteiger partial charge in [0, 0.05) is 19.3 Å². The highest BCUT2D eigenvalue weighted by atomic mass is 16.5. The summed E-state index contributed by atoms with van der Waals surface area (Å²) in [5.41, 5.74) is 12.0. The Morgan fingerprint density at radius 2 is 1.92 bits per heavy atom. The van der Waals surface area contributed by atoms with Crippen LogP contribution in [0.1, 0.15) is 26.7 Å². The van der Waals surface area contributed by atoms with Gasteiger partial charge >= 0.3 is 0 Å². The van der Waals surface area contributed by atoms with Crippen molar-refractivity contribution in [2.24, 2.45) is 22.8 Å². The Balaban J connectivity index is 2.49. The maximum atomic E-state index is 6.20. The highest BCUT2D eigenvalue weighted by molar-refractivity contribution is 4.88. The van der Waals surface area contributed by atoms with E-state index in [4.69, 9.17) is 16.2 Å². The van der Waals surface area contributed by atoms with E-state index >= 15 is 0 Å². The molecule has 1 atom stereocenters. The van der Waals surface area contributed by atoms with E-state index in [2.05, 4.69) is 13.8 Å². The van der Waals surface area contributed by atoms with Gasteiger partial charge in [-0.05, 0) is 30.7 Å². The Morgan fingerprint density at radius 1 is 1.38 bits per heavy atom. The Morgan fingerprint density at radius 3 is 2.38 bits per heavy atom. The van der Waals surface area contributed by atoms with E-state index in [1.54, 1.807) is 0 Å². The van der Waals surface area contributed by atoms with Crippen molar-refractivity contribution in [2.75, 3.05) is 19.8 Å². The maximum absolute atomic E-state index is 6.20. The van der Waals surface area contributed by atoms with Gasteiger partial charge in [-0.15, -0.1) is 0 Å². The molecule has 0 aromatic carbocycles. The number of hydrogen-bond donors (Lipinski definition) is 2. The van der Waals surface area contributed by atoms with Crippen molar-refractivity contribution in [1.29, 1.82) is 0 Å². The molecule has 0 spiro atoms. The van der Waals surface area contributed by atoms with Gasteiger partial charge in [-0.3, -0.25) is 0 Å². The fourth-order valence-corrected chi connectivity index (χ4v) is 1.85. The first-order valence-electron chi connectivity index (χ1n) is 5.11. The first-order chi connectivity index (χ1) is 6.08. The summed E-state index contributed by atoms with van der Waals surface area (Å²) in [6, 6.07) is 0.210. The van der Waals surface area contributed by atoms with Gasteiger partial charge in [0.15, 0.2) is 0 Å². The van der Waals surface area contributed by atoms with E-state index in [9.17, 15) is 0 Å². The van der Waals surface area contributed by atoms with Crippen LogP contribution in [0.25, 0.3) is 0 Å². The van der Waals surface area contributed by atoms with Gasteiger partial charge in [0.05, 0.1) is 0 Å². The summed E-state index contributed by atoms with van der Waals surface area (Å²) in [5, 5.41) is 0. The molecule has 0 aromatic rings. The van der Waals surface area contributed by atoms with Crippen LogP contribution in [0.2, 0.25) is 0 Å². The van der Waals surface area contributed by atoms with Crippen molar-refractivity contribution in [1.82, 2.24) is 0 Å². The highest BCUT2D eigenvalue weighted by Crippen LogP contribution is 2.28. The lowest BCUT2D eigenvalue weighted by atomic mass is 9.75. The van der Waals surface area contributed by atoms with Gasteiger partial charge in [0.2, 0.25) is 0 Å². The SMILES string of the molecule is CC(C)(CN)C(N)C1CCOCC1. The van der Waals surface area contributed by atoms with Gasteiger partial charge in [0.1, 0.15) is 0 Å². The fraction of sp³-hybridized carbons (Fsp3) is 1.00. The van der Waals surface area contributed by atoms with Crippen molar-refractivity contribution in [3.05, 3.63) is 0 Å². The molecule has 1 aliphatic heterocycles. The average Bonchev–Trinajstić information content (AvgIpc) is 2.18. The van der Waals surface area contributed by atoms with Crippen molar-refractivity contribution in [3.63, 3.8) is 0 Å². The van der Waals surface area contributed by atoms with E-state index in [0.717, 1.165) is 26.1 Å². The van der Waals surface area contributed by atoms with E-state index in [1.807, 2.05) is 0 Å². The van der Waals surface area contributed by atoms with Crippen LogP contribution in [0.15, 0.2) is 0 Å². The number of ether oxygens (including phenoxy) is 1. The monoisotopic (exact) mass is 186 g/mol. The molecule has 1 saturated heterocycles. The average molecular weight is 186 g/mol. The third-order valence-corrected chi connectivity index (χ3v) is 3.20. The third kappa shape index (κ3) is 2.66. The molecule has 1 aliphatic rings. The second-order valence-corrected chi connectivity index (χ2v) is 4.67. The van der Waals surface area contributed by atoms with E-state index in [0.29, 0.717) is 12.5 Å².